The van der Waals surface area contributed by atoms with Crippen LogP contribution in [-0.2, 0) is 4.74 Å². The van der Waals surface area contributed by atoms with Gasteiger partial charge >= 0.3 is 5.97 Å². The smallest absolute Gasteiger partial charge is 0.340 e. The van der Waals surface area contributed by atoms with Gasteiger partial charge in [0.2, 0.25) is 0 Å². The van der Waals surface area contributed by atoms with Crippen LogP contribution in [-0.4, -0.2) is 33.5 Å². The molecule has 1 aromatic heterocycles. The molecular formula is C19H17FN4O3. The van der Waals surface area contributed by atoms with Gasteiger partial charge in [-0.15, -0.1) is 5.10 Å². The quantitative estimate of drug-likeness (QED) is 0.699. The lowest BCUT2D eigenvalue weighted by Gasteiger charge is -2.09. The second-order valence-corrected chi connectivity index (χ2v) is 5.63. The molecular weight excluding hydrogens is 351 g/mol. The number of carbonyl (C=O) groups is 2. The second-order valence-electron chi connectivity index (χ2n) is 5.63. The van der Waals surface area contributed by atoms with Crippen LogP contribution in [0.4, 0.5) is 10.1 Å². The Hall–Kier alpha value is -3.55. The minimum atomic E-state index is -0.528. The summed E-state index contributed by atoms with van der Waals surface area (Å²) >= 11 is 0. The van der Waals surface area contributed by atoms with Crippen LogP contribution in [0.3, 0.4) is 0 Å². The molecule has 0 spiro atoms. The number of rotatable bonds is 5. The van der Waals surface area contributed by atoms with Gasteiger partial charge in [-0.3, -0.25) is 4.79 Å². The Morgan fingerprint density at radius 2 is 1.85 bits per heavy atom. The van der Waals surface area contributed by atoms with E-state index in [2.05, 4.69) is 15.6 Å². The molecule has 138 valence electrons. The summed E-state index contributed by atoms with van der Waals surface area (Å²) in [7, 11) is 0. The van der Waals surface area contributed by atoms with Crippen LogP contribution >= 0.6 is 0 Å². The van der Waals surface area contributed by atoms with Crippen LogP contribution in [0.15, 0.2) is 48.5 Å². The Labute approximate surface area is 154 Å². The highest BCUT2D eigenvalue weighted by Crippen LogP contribution is 2.19. The molecule has 0 bridgehead atoms. The first-order valence-electron chi connectivity index (χ1n) is 8.27. The van der Waals surface area contributed by atoms with E-state index in [1.807, 2.05) is 0 Å². The van der Waals surface area contributed by atoms with Gasteiger partial charge in [-0.05, 0) is 50.2 Å². The maximum atomic E-state index is 13.1. The van der Waals surface area contributed by atoms with Gasteiger partial charge in [0.15, 0.2) is 5.69 Å². The number of amides is 1. The summed E-state index contributed by atoms with van der Waals surface area (Å²) in [5.41, 5.74) is 1.71. The van der Waals surface area contributed by atoms with Crippen molar-refractivity contribution in [1.82, 2.24) is 15.0 Å². The summed E-state index contributed by atoms with van der Waals surface area (Å²) in [6.07, 6.45) is 0. The van der Waals surface area contributed by atoms with Crippen molar-refractivity contribution in [2.24, 2.45) is 0 Å². The van der Waals surface area contributed by atoms with Gasteiger partial charge in [0.05, 0.1) is 29.2 Å². The van der Waals surface area contributed by atoms with E-state index in [1.165, 1.54) is 28.9 Å². The van der Waals surface area contributed by atoms with Crippen molar-refractivity contribution < 1.29 is 18.7 Å². The number of carbonyl (C=O) groups excluding carboxylic acids is 2. The molecule has 0 aliphatic carbocycles. The summed E-state index contributed by atoms with van der Waals surface area (Å²) in [6.45, 7) is 3.61. The molecule has 1 heterocycles. The lowest BCUT2D eigenvalue weighted by molar-refractivity contribution is 0.0527. The van der Waals surface area contributed by atoms with E-state index in [9.17, 15) is 14.0 Å². The molecule has 0 atom stereocenters. The normalized spacial score (nSPS) is 10.5. The lowest BCUT2D eigenvalue weighted by atomic mass is 10.1. The molecule has 0 fully saturated rings. The maximum Gasteiger partial charge on any atom is 0.340 e. The van der Waals surface area contributed by atoms with Gasteiger partial charge in [-0.2, -0.15) is 0 Å². The molecule has 7 nitrogen and oxygen atoms in total. The summed E-state index contributed by atoms with van der Waals surface area (Å²) in [4.78, 5) is 24.7. The molecule has 0 radical (unpaired) electrons. The van der Waals surface area contributed by atoms with Crippen molar-refractivity contribution in [3.63, 3.8) is 0 Å². The van der Waals surface area contributed by atoms with Gasteiger partial charge in [-0.1, -0.05) is 17.3 Å². The topological polar surface area (TPSA) is 86.1 Å². The molecule has 27 heavy (non-hydrogen) atoms. The number of anilines is 1. The van der Waals surface area contributed by atoms with Crippen LogP contribution in [0.1, 0.15) is 33.5 Å². The summed E-state index contributed by atoms with van der Waals surface area (Å²) in [5, 5.41) is 10.5. The average molecular weight is 368 g/mol. The van der Waals surface area contributed by atoms with Crippen LogP contribution in [0.5, 0.6) is 0 Å². The van der Waals surface area contributed by atoms with E-state index < -0.39 is 11.9 Å². The largest absolute Gasteiger partial charge is 0.462 e. The SMILES string of the molecule is CCOC(=O)c1ccccc1NC(=O)c1nnn(-c2ccc(F)cc2)c1C. The predicted molar refractivity (Wildman–Crippen MR) is 96.4 cm³/mol. The zero-order chi connectivity index (χ0) is 19.4. The molecule has 1 N–H and O–H groups in total. The molecule has 0 aliphatic rings. The Morgan fingerprint density at radius 3 is 2.56 bits per heavy atom. The standard InChI is InChI=1S/C19H17FN4O3/c1-3-27-19(26)15-6-4-5-7-16(15)21-18(25)17-12(2)24(23-22-17)14-10-8-13(20)9-11-14/h4-11H,3H2,1-2H3,(H,21,25). The molecule has 3 rings (SSSR count). The van der Waals surface area contributed by atoms with Gasteiger partial charge in [0, 0.05) is 0 Å². The third-order valence-electron chi connectivity index (χ3n) is 3.85. The predicted octanol–water partition coefficient (Wildman–Crippen LogP) is 3.14. The lowest BCUT2D eigenvalue weighted by Crippen LogP contribution is -2.17. The Bertz CT molecular complexity index is 983. The molecule has 0 saturated heterocycles. The first-order chi connectivity index (χ1) is 13.0. The number of hydrogen-bond donors (Lipinski definition) is 1. The van der Waals surface area contributed by atoms with Gasteiger partial charge < -0.3 is 10.1 Å². The van der Waals surface area contributed by atoms with Gasteiger partial charge in [0.1, 0.15) is 5.82 Å². The maximum absolute atomic E-state index is 13.1. The minimum Gasteiger partial charge on any atom is -0.462 e. The molecule has 0 unspecified atom stereocenters. The second kappa shape index (κ2) is 7.77. The fraction of sp³-hybridized carbons (Fsp3) is 0.158. The van der Waals surface area contributed by atoms with E-state index in [0.29, 0.717) is 17.1 Å². The van der Waals surface area contributed by atoms with Crippen LogP contribution in [0, 0.1) is 12.7 Å². The highest BCUT2D eigenvalue weighted by molar-refractivity contribution is 6.07. The number of ether oxygens (including phenoxy) is 1. The molecule has 2 aromatic carbocycles. The first-order valence-corrected chi connectivity index (χ1v) is 8.27. The van der Waals surface area contributed by atoms with Crippen molar-refractivity contribution >= 4 is 17.6 Å². The highest BCUT2D eigenvalue weighted by Gasteiger charge is 2.20. The summed E-state index contributed by atoms with van der Waals surface area (Å²) in [5.74, 6) is -1.41. The molecule has 1 amide bonds. The summed E-state index contributed by atoms with van der Waals surface area (Å²) in [6, 6.07) is 12.2. The highest BCUT2D eigenvalue weighted by atomic mass is 19.1. The number of halogens is 1. The van der Waals surface area contributed by atoms with Crippen molar-refractivity contribution in [3.05, 3.63) is 71.3 Å². The molecule has 0 saturated carbocycles. The van der Waals surface area contributed by atoms with Crippen LogP contribution in [0.25, 0.3) is 5.69 Å². The summed E-state index contributed by atoms with van der Waals surface area (Å²) < 4.78 is 19.5. The van der Waals surface area contributed by atoms with Crippen molar-refractivity contribution in [1.29, 1.82) is 0 Å². The van der Waals surface area contributed by atoms with E-state index in [0.717, 1.165) is 0 Å². The fourth-order valence-corrected chi connectivity index (χ4v) is 2.53. The Kier molecular flexibility index (Phi) is 5.25. The number of nitrogens with zero attached hydrogens (tertiary/aromatic N) is 3. The van der Waals surface area contributed by atoms with Crippen molar-refractivity contribution in [3.8, 4) is 5.69 Å². The van der Waals surface area contributed by atoms with Crippen molar-refractivity contribution in [2.45, 2.75) is 13.8 Å². The number of benzene rings is 2. The number of nitrogens with one attached hydrogen (secondary N) is 1. The number of para-hydroxylation sites is 1. The minimum absolute atomic E-state index is 0.0954. The third-order valence-corrected chi connectivity index (χ3v) is 3.85. The zero-order valence-corrected chi connectivity index (χ0v) is 14.8. The molecule has 0 aliphatic heterocycles. The molecule has 3 aromatic rings. The fourth-order valence-electron chi connectivity index (χ4n) is 2.53. The Morgan fingerprint density at radius 1 is 1.15 bits per heavy atom. The number of aromatic nitrogens is 3. The van der Waals surface area contributed by atoms with E-state index in [1.54, 1.807) is 38.1 Å². The van der Waals surface area contributed by atoms with Crippen LogP contribution in [0.2, 0.25) is 0 Å². The third kappa shape index (κ3) is 3.84. The van der Waals surface area contributed by atoms with Gasteiger partial charge in [-0.25, -0.2) is 13.9 Å². The zero-order valence-electron chi connectivity index (χ0n) is 14.8. The van der Waals surface area contributed by atoms with Crippen molar-refractivity contribution in [2.75, 3.05) is 11.9 Å². The van der Waals surface area contributed by atoms with E-state index >= 15 is 0 Å². The average Bonchev–Trinajstić information content (AvgIpc) is 3.04. The van der Waals surface area contributed by atoms with E-state index in [-0.39, 0.29) is 23.7 Å². The van der Waals surface area contributed by atoms with Crippen LogP contribution < -0.4 is 5.32 Å². The number of hydrogen-bond acceptors (Lipinski definition) is 5. The Balaban J connectivity index is 1.86. The molecule has 8 heteroatoms. The number of esters is 1. The van der Waals surface area contributed by atoms with E-state index in [4.69, 9.17) is 4.74 Å². The van der Waals surface area contributed by atoms with Gasteiger partial charge in [0.25, 0.3) is 5.91 Å². The first kappa shape index (κ1) is 18.2. The monoisotopic (exact) mass is 368 g/mol.